The minimum absolute atomic E-state index is 0.128. The molecule has 4 heteroatoms. The molecule has 20 heavy (non-hydrogen) atoms. The lowest BCUT2D eigenvalue weighted by Crippen LogP contribution is -2.14. The summed E-state index contributed by atoms with van der Waals surface area (Å²) in [5.41, 5.74) is 7.61. The maximum absolute atomic E-state index is 13.8. The summed E-state index contributed by atoms with van der Waals surface area (Å²) in [7, 11) is 0. The van der Waals surface area contributed by atoms with Gasteiger partial charge in [0.25, 0.3) is 0 Å². The third-order valence-electron chi connectivity index (χ3n) is 3.29. The minimum atomic E-state index is -0.760. The topological polar surface area (TPSA) is 38.9 Å². The molecular formula is C16H12F2N2. The van der Waals surface area contributed by atoms with Crippen LogP contribution in [0.2, 0.25) is 0 Å². The lowest BCUT2D eigenvalue weighted by atomic mass is 9.96. The van der Waals surface area contributed by atoms with Crippen molar-refractivity contribution in [2.24, 2.45) is 5.73 Å². The Balaban J connectivity index is 2.17. The molecule has 0 amide bonds. The first-order valence-electron chi connectivity index (χ1n) is 6.21. The summed E-state index contributed by atoms with van der Waals surface area (Å²) < 4.78 is 27.1. The summed E-state index contributed by atoms with van der Waals surface area (Å²) in [4.78, 5) is 4.28. The second kappa shape index (κ2) is 4.98. The van der Waals surface area contributed by atoms with Gasteiger partial charge in [0.2, 0.25) is 0 Å². The number of aromatic nitrogens is 1. The molecule has 0 saturated carbocycles. The van der Waals surface area contributed by atoms with Gasteiger partial charge in [0.15, 0.2) is 0 Å². The average Bonchev–Trinajstić information content (AvgIpc) is 2.48. The van der Waals surface area contributed by atoms with Crippen LogP contribution in [0.25, 0.3) is 10.9 Å². The molecule has 2 N–H and O–H groups in total. The first-order chi connectivity index (χ1) is 9.66. The van der Waals surface area contributed by atoms with Crippen LogP contribution in [0.1, 0.15) is 17.2 Å². The largest absolute Gasteiger partial charge is 0.320 e. The van der Waals surface area contributed by atoms with Crippen LogP contribution in [0.5, 0.6) is 0 Å². The van der Waals surface area contributed by atoms with Gasteiger partial charge in [-0.05, 0) is 29.8 Å². The molecule has 1 atom stereocenters. The van der Waals surface area contributed by atoms with Crippen LogP contribution >= 0.6 is 0 Å². The first-order valence-corrected chi connectivity index (χ1v) is 6.21. The number of fused-ring (bicyclic) bond motifs is 1. The number of para-hydroxylation sites is 1. The monoisotopic (exact) mass is 270 g/mol. The Labute approximate surface area is 114 Å². The van der Waals surface area contributed by atoms with E-state index in [1.807, 2.05) is 24.3 Å². The fourth-order valence-corrected chi connectivity index (χ4v) is 2.30. The molecule has 1 unspecified atom stereocenters. The lowest BCUT2D eigenvalue weighted by molar-refractivity contribution is 0.577. The number of pyridine rings is 1. The van der Waals surface area contributed by atoms with Crippen LogP contribution in [0, 0.1) is 11.6 Å². The standard InChI is InChI=1S/C16H12F2N2/c17-11-6-7-14(18)13(9-11)15(19)12-5-1-3-10-4-2-8-20-16(10)12/h1-9,15H,19H2. The van der Waals surface area contributed by atoms with Gasteiger partial charge in [-0.15, -0.1) is 0 Å². The van der Waals surface area contributed by atoms with Gasteiger partial charge in [-0.1, -0.05) is 24.3 Å². The molecule has 0 saturated heterocycles. The number of halogens is 2. The summed E-state index contributed by atoms with van der Waals surface area (Å²) >= 11 is 0. The summed E-state index contributed by atoms with van der Waals surface area (Å²) in [6, 6.07) is 11.8. The molecule has 3 rings (SSSR count). The van der Waals surface area contributed by atoms with E-state index >= 15 is 0 Å². The lowest BCUT2D eigenvalue weighted by Gasteiger charge is -2.15. The summed E-state index contributed by atoms with van der Waals surface area (Å²) in [6.07, 6.45) is 1.65. The Bertz CT molecular complexity index is 766. The van der Waals surface area contributed by atoms with Crippen molar-refractivity contribution in [2.75, 3.05) is 0 Å². The second-order valence-electron chi connectivity index (χ2n) is 4.57. The van der Waals surface area contributed by atoms with Crippen LogP contribution in [0.4, 0.5) is 8.78 Å². The summed E-state index contributed by atoms with van der Waals surface area (Å²) in [6.45, 7) is 0. The molecular weight excluding hydrogens is 258 g/mol. The van der Waals surface area contributed by atoms with E-state index in [2.05, 4.69) is 4.98 Å². The highest BCUT2D eigenvalue weighted by molar-refractivity contribution is 5.82. The van der Waals surface area contributed by atoms with Crippen molar-refractivity contribution in [3.8, 4) is 0 Å². The number of nitrogens with two attached hydrogens (primary N) is 1. The zero-order chi connectivity index (χ0) is 14.1. The maximum atomic E-state index is 13.8. The molecule has 100 valence electrons. The SMILES string of the molecule is NC(c1cc(F)ccc1F)c1cccc2cccnc12. The van der Waals surface area contributed by atoms with E-state index in [0.29, 0.717) is 11.1 Å². The van der Waals surface area contributed by atoms with E-state index in [0.717, 1.165) is 23.6 Å². The Morgan fingerprint density at radius 2 is 1.75 bits per heavy atom. The fraction of sp³-hybridized carbons (Fsp3) is 0.0625. The quantitative estimate of drug-likeness (QED) is 0.773. The molecule has 0 aliphatic rings. The van der Waals surface area contributed by atoms with Gasteiger partial charge >= 0.3 is 0 Å². The zero-order valence-electron chi connectivity index (χ0n) is 10.6. The van der Waals surface area contributed by atoms with Crippen molar-refractivity contribution in [3.63, 3.8) is 0 Å². The third-order valence-corrected chi connectivity index (χ3v) is 3.29. The van der Waals surface area contributed by atoms with Crippen molar-refractivity contribution in [2.45, 2.75) is 6.04 Å². The van der Waals surface area contributed by atoms with Crippen molar-refractivity contribution < 1.29 is 8.78 Å². The molecule has 2 aromatic carbocycles. The summed E-state index contributed by atoms with van der Waals surface area (Å²) in [5.74, 6) is -1.03. The predicted octanol–water partition coefficient (Wildman–Crippen LogP) is 3.56. The van der Waals surface area contributed by atoms with E-state index < -0.39 is 17.7 Å². The summed E-state index contributed by atoms with van der Waals surface area (Å²) in [5, 5.41) is 0.914. The van der Waals surface area contributed by atoms with Gasteiger partial charge < -0.3 is 5.73 Å². The van der Waals surface area contributed by atoms with E-state index in [1.165, 1.54) is 0 Å². The number of rotatable bonds is 2. The first kappa shape index (κ1) is 12.7. The molecule has 0 fully saturated rings. The van der Waals surface area contributed by atoms with Crippen molar-refractivity contribution in [1.82, 2.24) is 4.98 Å². The van der Waals surface area contributed by atoms with E-state index in [1.54, 1.807) is 12.3 Å². The van der Waals surface area contributed by atoms with Gasteiger partial charge in [-0.3, -0.25) is 4.98 Å². The molecule has 0 aliphatic carbocycles. The molecule has 0 radical (unpaired) electrons. The zero-order valence-corrected chi connectivity index (χ0v) is 10.6. The van der Waals surface area contributed by atoms with Gasteiger partial charge in [0.1, 0.15) is 11.6 Å². The number of nitrogens with zero attached hydrogens (tertiary/aromatic N) is 1. The predicted molar refractivity (Wildman–Crippen MR) is 74.1 cm³/mol. The van der Waals surface area contributed by atoms with Crippen LogP contribution in [0.15, 0.2) is 54.7 Å². The van der Waals surface area contributed by atoms with Gasteiger partial charge in [0.05, 0.1) is 11.6 Å². The van der Waals surface area contributed by atoms with Crippen LogP contribution in [-0.4, -0.2) is 4.98 Å². The van der Waals surface area contributed by atoms with Crippen molar-refractivity contribution in [1.29, 1.82) is 0 Å². The van der Waals surface area contributed by atoms with Gasteiger partial charge in [-0.2, -0.15) is 0 Å². The molecule has 0 aliphatic heterocycles. The van der Waals surface area contributed by atoms with Crippen LogP contribution < -0.4 is 5.73 Å². The average molecular weight is 270 g/mol. The fourth-order valence-electron chi connectivity index (χ4n) is 2.30. The normalized spacial score (nSPS) is 12.6. The van der Waals surface area contributed by atoms with Crippen molar-refractivity contribution >= 4 is 10.9 Å². The molecule has 1 heterocycles. The maximum Gasteiger partial charge on any atom is 0.128 e. The van der Waals surface area contributed by atoms with Crippen LogP contribution in [-0.2, 0) is 0 Å². The smallest absolute Gasteiger partial charge is 0.128 e. The Morgan fingerprint density at radius 3 is 2.60 bits per heavy atom. The van der Waals surface area contributed by atoms with Gasteiger partial charge in [-0.25, -0.2) is 8.78 Å². The van der Waals surface area contributed by atoms with Gasteiger partial charge in [0, 0.05) is 17.1 Å². The van der Waals surface area contributed by atoms with Crippen molar-refractivity contribution in [3.05, 3.63) is 77.5 Å². The van der Waals surface area contributed by atoms with E-state index in [9.17, 15) is 8.78 Å². The number of benzene rings is 2. The Hall–Kier alpha value is -2.33. The number of hydrogen-bond donors (Lipinski definition) is 1. The van der Waals surface area contributed by atoms with E-state index in [4.69, 9.17) is 5.73 Å². The highest BCUT2D eigenvalue weighted by Crippen LogP contribution is 2.27. The third kappa shape index (κ3) is 2.14. The Morgan fingerprint density at radius 1 is 0.950 bits per heavy atom. The second-order valence-corrected chi connectivity index (χ2v) is 4.57. The molecule has 0 bridgehead atoms. The minimum Gasteiger partial charge on any atom is -0.320 e. The Kier molecular flexibility index (Phi) is 3.16. The molecule has 2 nitrogen and oxygen atoms in total. The van der Waals surface area contributed by atoms with Crippen LogP contribution in [0.3, 0.4) is 0 Å². The highest BCUT2D eigenvalue weighted by Gasteiger charge is 2.17. The molecule has 0 spiro atoms. The molecule has 1 aromatic heterocycles. The molecule has 3 aromatic rings. The highest BCUT2D eigenvalue weighted by atomic mass is 19.1. The number of hydrogen-bond acceptors (Lipinski definition) is 2. The van der Waals surface area contributed by atoms with E-state index in [-0.39, 0.29) is 5.56 Å².